The van der Waals surface area contributed by atoms with Gasteiger partial charge in [-0.25, -0.2) is 0 Å². The summed E-state index contributed by atoms with van der Waals surface area (Å²) >= 11 is 0. The molecule has 0 aromatic heterocycles. The van der Waals surface area contributed by atoms with E-state index in [4.69, 9.17) is 0 Å². The number of rotatable bonds is 1. The molecule has 0 saturated carbocycles. The zero-order valence-corrected chi connectivity index (χ0v) is 8.85. The minimum absolute atomic E-state index is 0.109. The second kappa shape index (κ2) is 3.44. The van der Waals surface area contributed by atoms with E-state index in [1.807, 2.05) is 13.1 Å². The predicted octanol–water partition coefficient (Wildman–Crippen LogP) is 2.39. The van der Waals surface area contributed by atoms with Crippen molar-refractivity contribution in [3.63, 3.8) is 0 Å². The van der Waals surface area contributed by atoms with Crippen LogP contribution in [-0.4, -0.2) is 19.0 Å². The highest BCUT2D eigenvalue weighted by atomic mass is 16.1. The van der Waals surface area contributed by atoms with Crippen molar-refractivity contribution in [2.45, 2.75) is 33.6 Å². The highest BCUT2D eigenvalue weighted by Gasteiger charge is 2.30. The van der Waals surface area contributed by atoms with Crippen LogP contribution in [0.4, 0.5) is 0 Å². The second-order valence-electron chi connectivity index (χ2n) is 4.23. The lowest BCUT2D eigenvalue weighted by Gasteiger charge is -2.31. The van der Waals surface area contributed by atoms with Crippen LogP contribution in [0.1, 0.15) is 33.6 Å². The lowest BCUT2D eigenvalue weighted by Crippen LogP contribution is -2.26. The van der Waals surface area contributed by atoms with Gasteiger partial charge in [0, 0.05) is 19.7 Å². The molecule has 0 fully saturated rings. The quantitative estimate of drug-likeness (QED) is 0.568. The largest absolute Gasteiger partial charge is 0.296 e. The normalized spacial score (nSPS) is 22.9. The minimum atomic E-state index is 0.109. The van der Waals surface area contributed by atoms with Gasteiger partial charge in [-0.3, -0.25) is 9.79 Å². The molecule has 0 atom stereocenters. The maximum Gasteiger partial charge on any atom is 0.158 e. The van der Waals surface area contributed by atoms with Gasteiger partial charge in [-0.1, -0.05) is 13.8 Å². The molecule has 1 aliphatic rings. The third-order valence-electron chi connectivity index (χ3n) is 2.79. The van der Waals surface area contributed by atoms with Crippen molar-refractivity contribution >= 4 is 12.0 Å². The molecule has 0 aromatic rings. The van der Waals surface area contributed by atoms with E-state index in [1.165, 1.54) is 0 Å². The fourth-order valence-electron chi connectivity index (χ4n) is 1.81. The average Bonchev–Trinajstić information content (AvgIpc) is 2.07. The number of Topliss-reactive ketones (excluding diaryl/α,β-unsaturated/α-hetero) is 1. The molecular weight excluding hydrogens is 162 g/mol. The fourth-order valence-corrected chi connectivity index (χ4v) is 1.81. The molecule has 1 rings (SSSR count). The van der Waals surface area contributed by atoms with Gasteiger partial charge < -0.3 is 0 Å². The van der Waals surface area contributed by atoms with Crippen LogP contribution in [-0.2, 0) is 4.79 Å². The molecular formula is C11H17NO. The number of hydrogen-bond acceptors (Lipinski definition) is 2. The smallest absolute Gasteiger partial charge is 0.158 e. The molecule has 0 amide bonds. The molecule has 0 unspecified atom stereocenters. The van der Waals surface area contributed by atoms with E-state index in [0.29, 0.717) is 6.42 Å². The van der Waals surface area contributed by atoms with E-state index in [1.54, 1.807) is 7.05 Å². The van der Waals surface area contributed by atoms with Gasteiger partial charge in [0.1, 0.15) is 0 Å². The molecule has 0 bridgehead atoms. The Bertz CT molecular complexity index is 284. The summed E-state index contributed by atoms with van der Waals surface area (Å²) in [6.45, 7) is 6.24. The first-order chi connectivity index (χ1) is 5.99. The first kappa shape index (κ1) is 10.2. The van der Waals surface area contributed by atoms with Crippen LogP contribution in [0.2, 0.25) is 0 Å². The maximum atomic E-state index is 11.4. The molecule has 0 spiro atoms. The lowest BCUT2D eigenvalue weighted by atomic mass is 9.73. The number of allylic oxidation sites excluding steroid dienone is 2. The number of nitrogens with zero attached hydrogens (tertiary/aromatic N) is 1. The fraction of sp³-hybridized carbons (Fsp3) is 0.636. The molecule has 0 heterocycles. The minimum Gasteiger partial charge on any atom is -0.296 e. The van der Waals surface area contributed by atoms with Crippen molar-refractivity contribution in [1.29, 1.82) is 0 Å². The average molecular weight is 179 g/mol. The third-order valence-corrected chi connectivity index (χ3v) is 2.79. The topological polar surface area (TPSA) is 29.4 Å². The zero-order chi connectivity index (χ0) is 10.1. The van der Waals surface area contributed by atoms with Gasteiger partial charge in [-0.05, 0) is 29.9 Å². The molecule has 0 aromatic carbocycles. The lowest BCUT2D eigenvalue weighted by molar-refractivity contribution is -0.116. The van der Waals surface area contributed by atoms with E-state index in [2.05, 4.69) is 18.8 Å². The van der Waals surface area contributed by atoms with Crippen molar-refractivity contribution in [2.24, 2.45) is 10.4 Å². The first-order valence-electron chi connectivity index (χ1n) is 4.66. The van der Waals surface area contributed by atoms with Crippen molar-refractivity contribution in [1.82, 2.24) is 0 Å². The summed E-state index contributed by atoms with van der Waals surface area (Å²) in [4.78, 5) is 15.5. The SMILES string of the molecule is CN=CC1=C(C)C(=O)CCC1(C)C. The summed E-state index contributed by atoms with van der Waals surface area (Å²) in [6.07, 6.45) is 3.44. The molecule has 1 aliphatic carbocycles. The van der Waals surface area contributed by atoms with Crippen molar-refractivity contribution in [3.05, 3.63) is 11.1 Å². The Morgan fingerprint density at radius 3 is 2.62 bits per heavy atom. The van der Waals surface area contributed by atoms with Crippen LogP contribution in [0, 0.1) is 5.41 Å². The first-order valence-corrected chi connectivity index (χ1v) is 4.66. The summed E-state index contributed by atoms with van der Waals surface area (Å²) in [6, 6.07) is 0. The van der Waals surface area contributed by atoms with Crippen molar-refractivity contribution in [3.8, 4) is 0 Å². The van der Waals surface area contributed by atoms with Gasteiger partial charge in [0.2, 0.25) is 0 Å². The van der Waals surface area contributed by atoms with Gasteiger partial charge >= 0.3 is 0 Å². The van der Waals surface area contributed by atoms with Gasteiger partial charge in [-0.2, -0.15) is 0 Å². The second-order valence-corrected chi connectivity index (χ2v) is 4.23. The summed E-state index contributed by atoms with van der Waals surface area (Å²) in [7, 11) is 1.75. The molecule has 0 N–H and O–H groups in total. The molecule has 2 heteroatoms. The van der Waals surface area contributed by atoms with Crippen LogP contribution in [0.5, 0.6) is 0 Å². The van der Waals surface area contributed by atoms with Crippen LogP contribution in [0.25, 0.3) is 0 Å². The molecule has 72 valence electrons. The molecule has 0 saturated heterocycles. The molecule has 13 heavy (non-hydrogen) atoms. The zero-order valence-electron chi connectivity index (χ0n) is 8.85. The molecule has 2 nitrogen and oxygen atoms in total. The Hall–Kier alpha value is -0.920. The van der Waals surface area contributed by atoms with Crippen molar-refractivity contribution < 1.29 is 4.79 Å². The highest BCUT2D eigenvalue weighted by molar-refractivity contribution is 6.02. The number of aliphatic imine (C=N–C) groups is 1. The Morgan fingerprint density at radius 2 is 2.08 bits per heavy atom. The summed E-state index contributed by atoms with van der Waals surface area (Å²) in [5.74, 6) is 0.272. The molecule has 0 aliphatic heterocycles. The third kappa shape index (κ3) is 1.87. The Labute approximate surface area is 79.8 Å². The number of carbonyl (C=O) groups excluding carboxylic acids is 1. The van der Waals surface area contributed by atoms with E-state index >= 15 is 0 Å². The van der Waals surface area contributed by atoms with E-state index in [-0.39, 0.29) is 11.2 Å². The van der Waals surface area contributed by atoms with Crippen LogP contribution < -0.4 is 0 Å². The Kier molecular flexibility index (Phi) is 2.69. The standard InChI is InChI=1S/C11H17NO/c1-8-9(7-12-4)11(2,3)6-5-10(8)13/h7H,5-6H2,1-4H3. The number of ketones is 1. The van der Waals surface area contributed by atoms with E-state index in [0.717, 1.165) is 17.6 Å². The van der Waals surface area contributed by atoms with Crippen molar-refractivity contribution in [2.75, 3.05) is 7.05 Å². The monoisotopic (exact) mass is 179 g/mol. The number of carbonyl (C=O) groups is 1. The van der Waals surface area contributed by atoms with Gasteiger partial charge in [0.25, 0.3) is 0 Å². The Morgan fingerprint density at radius 1 is 1.46 bits per heavy atom. The Balaban J connectivity index is 3.17. The summed E-state index contributed by atoms with van der Waals surface area (Å²) in [5.41, 5.74) is 2.10. The highest BCUT2D eigenvalue weighted by Crippen LogP contribution is 2.37. The summed E-state index contributed by atoms with van der Waals surface area (Å²) in [5, 5.41) is 0. The number of hydrogen-bond donors (Lipinski definition) is 0. The van der Waals surface area contributed by atoms with Gasteiger partial charge in [0.05, 0.1) is 0 Å². The van der Waals surface area contributed by atoms with Crippen LogP contribution in [0.3, 0.4) is 0 Å². The predicted molar refractivity (Wildman–Crippen MR) is 55.1 cm³/mol. The molecule has 0 radical (unpaired) electrons. The summed E-state index contributed by atoms with van der Waals surface area (Å²) < 4.78 is 0. The van der Waals surface area contributed by atoms with Crippen LogP contribution in [0.15, 0.2) is 16.1 Å². The van der Waals surface area contributed by atoms with Gasteiger partial charge in [-0.15, -0.1) is 0 Å². The van der Waals surface area contributed by atoms with Gasteiger partial charge in [0.15, 0.2) is 5.78 Å². The maximum absolute atomic E-state index is 11.4. The van der Waals surface area contributed by atoms with E-state index in [9.17, 15) is 4.79 Å². The van der Waals surface area contributed by atoms with E-state index < -0.39 is 0 Å². The van der Waals surface area contributed by atoms with Crippen LogP contribution >= 0.6 is 0 Å².